The Kier molecular flexibility index (Phi) is 4.66. The summed E-state index contributed by atoms with van der Waals surface area (Å²) in [5.41, 5.74) is 0.849. The van der Waals surface area contributed by atoms with Gasteiger partial charge in [0.1, 0.15) is 17.2 Å². The van der Waals surface area contributed by atoms with Crippen molar-refractivity contribution in [2.75, 3.05) is 14.2 Å². The predicted octanol–water partition coefficient (Wildman–Crippen LogP) is 4.01. The molecular formula is C20H18O4. The topological polar surface area (TPSA) is 44.8 Å². The third-order valence-corrected chi connectivity index (χ3v) is 3.73. The molecular weight excluding hydrogens is 304 g/mol. The van der Waals surface area contributed by atoms with E-state index in [0.29, 0.717) is 5.75 Å². The molecule has 4 heteroatoms. The van der Waals surface area contributed by atoms with Crippen molar-refractivity contribution in [1.29, 1.82) is 0 Å². The molecule has 24 heavy (non-hydrogen) atoms. The van der Waals surface area contributed by atoms with Crippen LogP contribution in [0.3, 0.4) is 0 Å². The summed E-state index contributed by atoms with van der Waals surface area (Å²) in [5, 5.41) is 2.02. The van der Waals surface area contributed by atoms with Crippen molar-refractivity contribution in [3.05, 3.63) is 66.2 Å². The Labute approximate surface area is 140 Å². The van der Waals surface area contributed by atoms with Crippen LogP contribution < -0.4 is 14.2 Å². The molecule has 122 valence electrons. The van der Waals surface area contributed by atoms with Crippen LogP contribution in [-0.4, -0.2) is 20.2 Å². The lowest BCUT2D eigenvalue weighted by Gasteiger charge is -2.08. The first-order valence-electron chi connectivity index (χ1n) is 7.59. The number of fused-ring (bicyclic) bond motifs is 1. The van der Waals surface area contributed by atoms with Gasteiger partial charge in [-0.05, 0) is 52.7 Å². The number of benzene rings is 3. The molecule has 0 N–H and O–H groups in total. The SMILES string of the molecule is COc1cccc(CC(=O)Oc2ccc3ccc(OC)cc3c2)c1. The summed E-state index contributed by atoms with van der Waals surface area (Å²) in [4.78, 5) is 12.2. The van der Waals surface area contributed by atoms with E-state index in [2.05, 4.69) is 0 Å². The summed E-state index contributed by atoms with van der Waals surface area (Å²) in [6, 6.07) is 18.7. The molecule has 0 aliphatic carbocycles. The zero-order valence-electron chi connectivity index (χ0n) is 13.6. The maximum atomic E-state index is 12.2. The first-order valence-corrected chi connectivity index (χ1v) is 7.59. The first kappa shape index (κ1) is 15.9. The van der Waals surface area contributed by atoms with Crippen molar-refractivity contribution in [3.63, 3.8) is 0 Å². The van der Waals surface area contributed by atoms with E-state index in [4.69, 9.17) is 14.2 Å². The fraction of sp³-hybridized carbons (Fsp3) is 0.150. The van der Waals surface area contributed by atoms with Crippen molar-refractivity contribution < 1.29 is 19.0 Å². The lowest BCUT2D eigenvalue weighted by Crippen LogP contribution is -2.11. The van der Waals surface area contributed by atoms with Crippen LogP contribution in [0.5, 0.6) is 17.2 Å². The van der Waals surface area contributed by atoms with Crippen molar-refractivity contribution in [1.82, 2.24) is 0 Å². The Morgan fingerprint density at radius 2 is 1.46 bits per heavy atom. The summed E-state index contributed by atoms with van der Waals surface area (Å²) in [6.45, 7) is 0. The van der Waals surface area contributed by atoms with Crippen LogP contribution in [0.2, 0.25) is 0 Å². The molecule has 0 saturated heterocycles. The Morgan fingerprint density at radius 1 is 0.792 bits per heavy atom. The highest BCUT2D eigenvalue weighted by molar-refractivity contribution is 5.86. The van der Waals surface area contributed by atoms with Gasteiger partial charge in [0.25, 0.3) is 0 Å². The van der Waals surface area contributed by atoms with E-state index in [1.54, 1.807) is 20.3 Å². The molecule has 0 aliphatic heterocycles. The summed E-state index contributed by atoms with van der Waals surface area (Å²) in [6.07, 6.45) is 0.188. The number of hydrogen-bond donors (Lipinski definition) is 0. The molecule has 3 rings (SSSR count). The van der Waals surface area contributed by atoms with Crippen LogP contribution >= 0.6 is 0 Å². The lowest BCUT2D eigenvalue weighted by molar-refractivity contribution is -0.133. The highest BCUT2D eigenvalue weighted by atomic mass is 16.5. The van der Waals surface area contributed by atoms with Crippen LogP contribution in [0.25, 0.3) is 10.8 Å². The maximum absolute atomic E-state index is 12.2. The van der Waals surface area contributed by atoms with Gasteiger partial charge in [0.15, 0.2) is 0 Å². The van der Waals surface area contributed by atoms with E-state index < -0.39 is 0 Å². The van der Waals surface area contributed by atoms with Gasteiger partial charge in [0, 0.05) is 0 Å². The average Bonchev–Trinajstić information content (AvgIpc) is 2.61. The molecule has 0 spiro atoms. The number of methoxy groups -OCH3 is 2. The fourth-order valence-electron chi connectivity index (χ4n) is 2.51. The van der Waals surface area contributed by atoms with Crippen LogP contribution in [0.4, 0.5) is 0 Å². The molecule has 0 aromatic heterocycles. The molecule has 0 unspecified atom stereocenters. The van der Waals surface area contributed by atoms with Crippen LogP contribution in [0.15, 0.2) is 60.7 Å². The molecule has 0 saturated carbocycles. The fourth-order valence-corrected chi connectivity index (χ4v) is 2.51. The van der Waals surface area contributed by atoms with E-state index in [1.807, 2.05) is 54.6 Å². The second kappa shape index (κ2) is 7.04. The van der Waals surface area contributed by atoms with Gasteiger partial charge >= 0.3 is 5.97 Å². The van der Waals surface area contributed by atoms with Gasteiger partial charge in [0.2, 0.25) is 0 Å². The van der Waals surface area contributed by atoms with E-state index in [9.17, 15) is 4.79 Å². The zero-order chi connectivity index (χ0) is 16.9. The lowest BCUT2D eigenvalue weighted by atomic mass is 10.1. The molecule has 0 radical (unpaired) electrons. The van der Waals surface area contributed by atoms with Crippen molar-refractivity contribution in [3.8, 4) is 17.2 Å². The van der Waals surface area contributed by atoms with E-state index >= 15 is 0 Å². The third kappa shape index (κ3) is 3.66. The number of carbonyl (C=O) groups is 1. The predicted molar refractivity (Wildman–Crippen MR) is 92.8 cm³/mol. The average molecular weight is 322 g/mol. The second-order valence-corrected chi connectivity index (χ2v) is 5.38. The Hall–Kier alpha value is -3.01. The first-order chi connectivity index (χ1) is 11.7. The standard InChI is InChI=1S/C20H18O4/c1-22-17-5-3-4-14(10-17)11-20(21)24-19-9-7-15-6-8-18(23-2)12-16(15)13-19/h3-10,12-13H,11H2,1-2H3. The summed E-state index contributed by atoms with van der Waals surface area (Å²) in [7, 11) is 3.22. The molecule has 0 bridgehead atoms. The zero-order valence-corrected chi connectivity index (χ0v) is 13.6. The molecule has 3 aromatic rings. The number of esters is 1. The van der Waals surface area contributed by atoms with E-state index in [-0.39, 0.29) is 12.4 Å². The number of ether oxygens (including phenoxy) is 3. The molecule has 3 aromatic carbocycles. The number of rotatable bonds is 5. The van der Waals surface area contributed by atoms with Crippen molar-refractivity contribution in [2.45, 2.75) is 6.42 Å². The molecule has 4 nitrogen and oxygen atoms in total. The third-order valence-electron chi connectivity index (χ3n) is 3.73. The molecule has 0 amide bonds. The van der Waals surface area contributed by atoms with E-state index in [0.717, 1.165) is 27.8 Å². The highest BCUT2D eigenvalue weighted by Crippen LogP contribution is 2.25. The Morgan fingerprint density at radius 3 is 2.21 bits per heavy atom. The minimum absolute atomic E-state index is 0.188. The molecule has 0 fully saturated rings. The minimum Gasteiger partial charge on any atom is -0.497 e. The van der Waals surface area contributed by atoms with Crippen molar-refractivity contribution >= 4 is 16.7 Å². The van der Waals surface area contributed by atoms with Gasteiger partial charge in [-0.15, -0.1) is 0 Å². The van der Waals surface area contributed by atoms with Gasteiger partial charge in [-0.3, -0.25) is 4.79 Å². The molecule has 0 aliphatic rings. The number of hydrogen-bond acceptors (Lipinski definition) is 4. The van der Waals surface area contributed by atoms with Gasteiger partial charge < -0.3 is 14.2 Å². The van der Waals surface area contributed by atoms with Gasteiger partial charge in [-0.1, -0.05) is 24.3 Å². The quantitative estimate of drug-likeness (QED) is 0.526. The Bertz CT molecular complexity index is 870. The van der Waals surface area contributed by atoms with Crippen molar-refractivity contribution in [2.24, 2.45) is 0 Å². The largest absolute Gasteiger partial charge is 0.497 e. The minimum atomic E-state index is -0.314. The Balaban J connectivity index is 1.74. The van der Waals surface area contributed by atoms with Crippen LogP contribution in [-0.2, 0) is 11.2 Å². The highest BCUT2D eigenvalue weighted by Gasteiger charge is 2.08. The van der Waals surface area contributed by atoms with Crippen LogP contribution in [0.1, 0.15) is 5.56 Å². The second-order valence-electron chi connectivity index (χ2n) is 5.38. The summed E-state index contributed by atoms with van der Waals surface area (Å²) >= 11 is 0. The smallest absolute Gasteiger partial charge is 0.315 e. The summed E-state index contributed by atoms with van der Waals surface area (Å²) in [5.74, 6) is 1.69. The van der Waals surface area contributed by atoms with E-state index in [1.165, 1.54) is 0 Å². The van der Waals surface area contributed by atoms with Crippen LogP contribution in [0, 0.1) is 0 Å². The van der Waals surface area contributed by atoms with Gasteiger partial charge in [-0.25, -0.2) is 0 Å². The maximum Gasteiger partial charge on any atom is 0.315 e. The molecule has 0 heterocycles. The normalized spacial score (nSPS) is 10.4. The van der Waals surface area contributed by atoms with Gasteiger partial charge in [-0.2, -0.15) is 0 Å². The van der Waals surface area contributed by atoms with Gasteiger partial charge in [0.05, 0.1) is 20.6 Å². The molecule has 0 atom stereocenters. The number of carbonyl (C=O) groups excluding carboxylic acids is 1. The summed E-state index contributed by atoms with van der Waals surface area (Å²) < 4.78 is 15.8. The monoisotopic (exact) mass is 322 g/mol.